The second-order valence-electron chi connectivity index (χ2n) is 29.8. The Morgan fingerprint density at radius 3 is 0.896 bits per heavy atom. The molecule has 0 aliphatic heterocycles. The molecule has 0 amide bonds. The van der Waals surface area contributed by atoms with Gasteiger partial charge in [-0.3, -0.25) is 18.6 Å². The van der Waals surface area contributed by atoms with Crippen LogP contribution in [0.15, 0.2) is 60.8 Å². The lowest BCUT2D eigenvalue weighted by Gasteiger charge is -2.24. The Balaban J connectivity index is 3.87. The van der Waals surface area contributed by atoms with Crippen LogP contribution < -0.4 is 0 Å². The van der Waals surface area contributed by atoms with Crippen molar-refractivity contribution in [3.63, 3.8) is 0 Å². The van der Waals surface area contributed by atoms with Crippen LogP contribution in [0.5, 0.6) is 0 Å². The third-order valence-electron chi connectivity index (χ3n) is 19.0. The third kappa shape index (κ3) is 80.7. The van der Waals surface area contributed by atoms with E-state index in [0.29, 0.717) is 23.9 Å². The van der Waals surface area contributed by atoms with Crippen LogP contribution in [0.3, 0.4) is 0 Å². The molecule has 0 aromatic carbocycles. The molecule has 0 aliphatic carbocycles. The number of allylic oxidation sites excluding steroid dienone is 10. The zero-order valence-electron chi connectivity index (χ0n) is 64.6. The third-order valence-corrected chi connectivity index (χ3v) is 20.0. The summed E-state index contributed by atoms with van der Waals surface area (Å²) in [6, 6.07) is 0. The molecular weight excluding hydrogens is 1210 g/mol. The largest absolute Gasteiger partial charge is 0.472 e. The lowest BCUT2D eigenvalue weighted by Crippen LogP contribution is -2.37. The van der Waals surface area contributed by atoms with Crippen molar-refractivity contribution in [3.05, 3.63) is 60.8 Å². The van der Waals surface area contributed by atoms with E-state index in [0.717, 1.165) is 57.8 Å². The smallest absolute Gasteiger partial charge is 0.462 e. The molecule has 0 radical (unpaired) electrons. The number of phosphoric acid groups is 1. The van der Waals surface area contributed by atoms with Gasteiger partial charge in [-0.15, -0.1) is 0 Å². The molecule has 0 spiro atoms. The van der Waals surface area contributed by atoms with E-state index < -0.39 is 26.5 Å². The minimum atomic E-state index is -4.39. The topological polar surface area (TPSA) is 108 Å². The number of ether oxygens (including phenoxy) is 2. The Morgan fingerprint density at radius 1 is 0.333 bits per heavy atom. The Bertz CT molecular complexity index is 1800. The van der Waals surface area contributed by atoms with Crippen LogP contribution in [-0.2, 0) is 32.7 Å². The highest BCUT2D eigenvalue weighted by Gasteiger charge is 2.27. The van der Waals surface area contributed by atoms with Crippen LogP contribution in [0.25, 0.3) is 0 Å². The lowest BCUT2D eigenvalue weighted by atomic mass is 10.0. The molecule has 0 saturated heterocycles. The number of hydrogen-bond acceptors (Lipinski definition) is 7. The van der Waals surface area contributed by atoms with Gasteiger partial charge in [0.1, 0.15) is 19.8 Å². The fourth-order valence-electron chi connectivity index (χ4n) is 12.7. The van der Waals surface area contributed by atoms with E-state index in [2.05, 4.69) is 74.6 Å². The van der Waals surface area contributed by atoms with E-state index in [1.54, 1.807) is 0 Å². The first kappa shape index (κ1) is 93.7. The van der Waals surface area contributed by atoms with Gasteiger partial charge in [0.2, 0.25) is 0 Å². The molecule has 0 aromatic heterocycles. The Kier molecular flexibility index (Phi) is 75.0. The van der Waals surface area contributed by atoms with E-state index in [1.165, 1.54) is 334 Å². The maximum absolute atomic E-state index is 12.9. The molecule has 0 bridgehead atoms. The van der Waals surface area contributed by atoms with Gasteiger partial charge in [-0.25, -0.2) is 4.57 Å². The van der Waals surface area contributed by atoms with Gasteiger partial charge in [-0.05, 0) is 77.0 Å². The zero-order valence-corrected chi connectivity index (χ0v) is 65.5. The number of quaternary nitrogens is 1. The number of esters is 2. The second-order valence-corrected chi connectivity index (χ2v) is 31.3. The molecule has 2 unspecified atom stereocenters. The zero-order chi connectivity index (χ0) is 69.7. The molecule has 0 rings (SSSR count). The summed E-state index contributed by atoms with van der Waals surface area (Å²) in [4.78, 5) is 36.0. The van der Waals surface area contributed by atoms with Crippen LogP contribution >= 0.6 is 7.82 Å². The van der Waals surface area contributed by atoms with Crippen LogP contribution in [0, 0.1) is 0 Å². The van der Waals surface area contributed by atoms with E-state index in [4.69, 9.17) is 18.5 Å². The molecule has 0 aromatic rings. The molecule has 0 saturated carbocycles. The minimum Gasteiger partial charge on any atom is -0.462 e. The van der Waals surface area contributed by atoms with E-state index in [-0.39, 0.29) is 25.6 Å². The average Bonchev–Trinajstić information content (AvgIpc) is 1.48. The number of rotatable bonds is 79. The Labute approximate surface area is 597 Å². The second kappa shape index (κ2) is 76.9. The van der Waals surface area contributed by atoms with Crippen molar-refractivity contribution in [1.29, 1.82) is 0 Å². The molecule has 9 nitrogen and oxygen atoms in total. The summed E-state index contributed by atoms with van der Waals surface area (Å²) in [5.74, 6) is -0.773. The summed E-state index contributed by atoms with van der Waals surface area (Å²) in [5, 5.41) is 0. The predicted octanol–water partition coefficient (Wildman–Crippen LogP) is 28.1. The van der Waals surface area contributed by atoms with Crippen molar-refractivity contribution in [3.8, 4) is 0 Å². The first-order valence-corrected chi connectivity index (χ1v) is 43.5. The first-order valence-electron chi connectivity index (χ1n) is 42.0. The SMILES string of the molecule is CC/C=C\C/C=C\C/C=C\C/C=C\CCCCCCCCCCCCCCCCCCCCCCC(=O)OC(COC(=O)CCCCCCCCCCCCCCCCCCCCCCCCCCCCC/C=C\CCCCCCCCCC)COP(=O)(O)OCC[N+](C)(C)C. The van der Waals surface area contributed by atoms with Crippen molar-refractivity contribution in [2.45, 2.75) is 431 Å². The van der Waals surface area contributed by atoms with Gasteiger partial charge >= 0.3 is 19.8 Å². The highest BCUT2D eigenvalue weighted by atomic mass is 31.2. The maximum atomic E-state index is 12.9. The molecule has 0 fully saturated rings. The number of nitrogens with zero attached hydrogens (tertiary/aromatic N) is 1. The van der Waals surface area contributed by atoms with E-state index in [1.807, 2.05) is 21.1 Å². The van der Waals surface area contributed by atoms with Gasteiger partial charge in [0, 0.05) is 12.8 Å². The summed E-state index contributed by atoms with van der Waals surface area (Å²) < 4.78 is 34.9. The highest BCUT2D eigenvalue weighted by Crippen LogP contribution is 2.43. The van der Waals surface area contributed by atoms with Crippen molar-refractivity contribution < 1.29 is 42.1 Å². The van der Waals surface area contributed by atoms with Gasteiger partial charge in [-0.1, -0.05) is 396 Å². The summed E-state index contributed by atoms with van der Waals surface area (Å²) in [6.45, 7) is 4.40. The van der Waals surface area contributed by atoms with Crippen LogP contribution in [0.4, 0.5) is 0 Å². The fourth-order valence-corrected chi connectivity index (χ4v) is 13.4. The summed E-state index contributed by atoms with van der Waals surface area (Å²) in [5.41, 5.74) is 0. The van der Waals surface area contributed by atoms with Crippen LogP contribution in [0.2, 0.25) is 0 Å². The standard InChI is InChI=1S/C86H162NO8P/c1-6-8-10-12-14-16-18-20-22-24-26-28-30-32-34-36-38-40-41-42-43-44-45-47-48-50-52-54-56-58-60-62-64-66-68-70-72-74-76-78-85(88)92-82-84(83-94-96(90,91)93-81-80-87(3,4)5)95-86(89)79-77-75-73-71-69-67-65-63-61-59-57-55-53-51-49-46-39-37-35-33-31-29-27-25-23-21-19-17-15-13-11-9-7-2/h9,11,15,17,21,23-24,26-27,29,84H,6-8,10,12-14,16,18-20,22,25,28,30-83H2,1-5H3/p+1/b11-9-,17-15-,23-21-,26-24-,29-27-. The number of carbonyl (C=O) groups is 2. The average molecular weight is 1370 g/mol. The summed E-state index contributed by atoms with van der Waals surface area (Å²) >= 11 is 0. The Morgan fingerprint density at radius 2 is 0.594 bits per heavy atom. The molecule has 0 heterocycles. The van der Waals surface area contributed by atoms with Crippen molar-refractivity contribution in [2.75, 3.05) is 47.5 Å². The van der Waals surface area contributed by atoms with Crippen molar-refractivity contribution in [2.24, 2.45) is 0 Å². The first-order chi connectivity index (χ1) is 47.0. The number of likely N-dealkylation sites (N-methyl/N-ethyl adjacent to an activating group) is 1. The van der Waals surface area contributed by atoms with Crippen molar-refractivity contribution in [1.82, 2.24) is 0 Å². The van der Waals surface area contributed by atoms with E-state index in [9.17, 15) is 19.0 Å². The monoisotopic (exact) mass is 1370 g/mol. The number of phosphoric ester groups is 1. The van der Waals surface area contributed by atoms with Crippen LogP contribution in [0.1, 0.15) is 425 Å². The summed E-state index contributed by atoms with van der Waals surface area (Å²) in [7, 11) is 1.50. The molecule has 2 atom stereocenters. The molecular formula is C86H163NO8P+. The van der Waals surface area contributed by atoms with Gasteiger partial charge in [0.05, 0.1) is 27.7 Å². The molecule has 564 valence electrons. The summed E-state index contributed by atoms with van der Waals surface area (Å²) in [6.07, 6.45) is 104. The fraction of sp³-hybridized carbons (Fsp3) is 0.860. The minimum absolute atomic E-state index is 0.0341. The Hall–Kier alpha value is -2.29. The van der Waals surface area contributed by atoms with E-state index >= 15 is 0 Å². The normalized spacial score (nSPS) is 13.3. The van der Waals surface area contributed by atoms with Gasteiger partial charge in [0.15, 0.2) is 6.10 Å². The molecule has 96 heavy (non-hydrogen) atoms. The lowest BCUT2D eigenvalue weighted by molar-refractivity contribution is -0.870. The number of unbranched alkanes of at least 4 members (excludes halogenated alkanes) is 55. The maximum Gasteiger partial charge on any atom is 0.472 e. The number of carbonyl (C=O) groups excluding carboxylic acids is 2. The molecule has 10 heteroatoms. The molecule has 1 N–H and O–H groups in total. The van der Waals surface area contributed by atoms with Crippen molar-refractivity contribution >= 4 is 19.8 Å². The predicted molar refractivity (Wildman–Crippen MR) is 418 cm³/mol. The highest BCUT2D eigenvalue weighted by molar-refractivity contribution is 7.47. The quantitative estimate of drug-likeness (QED) is 0.0211. The van der Waals surface area contributed by atoms with Crippen LogP contribution in [-0.4, -0.2) is 74.9 Å². The van der Waals surface area contributed by atoms with Gasteiger partial charge < -0.3 is 18.9 Å². The van der Waals surface area contributed by atoms with Gasteiger partial charge in [0.25, 0.3) is 0 Å². The molecule has 0 aliphatic rings. The number of hydrogen-bond donors (Lipinski definition) is 1. The van der Waals surface area contributed by atoms with Gasteiger partial charge in [-0.2, -0.15) is 0 Å².